The number of likely N-dealkylation sites (tertiary alicyclic amines) is 1. The van der Waals surface area contributed by atoms with Crippen LogP contribution in [-0.4, -0.2) is 45.1 Å². The maximum absolute atomic E-state index is 5.56. The smallest absolute Gasteiger partial charge is 0.244 e. The van der Waals surface area contributed by atoms with E-state index >= 15 is 0 Å². The normalized spacial score (nSPS) is 18.0. The van der Waals surface area contributed by atoms with Crippen molar-refractivity contribution in [3.8, 4) is 5.69 Å². The second-order valence-corrected chi connectivity index (χ2v) is 6.90. The summed E-state index contributed by atoms with van der Waals surface area (Å²) in [5.74, 6) is 1.44. The Morgan fingerprint density at radius 3 is 2.96 bits per heavy atom. The van der Waals surface area contributed by atoms with Crippen LogP contribution >= 0.6 is 0 Å². The van der Waals surface area contributed by atoms with Gasteiger partial charge in [-0.05, 0) is 31.5 Å². The maximum atomic E-state index is 5.56. The third kappa shape index (κ3) is 4.26. The molecule has 7 nitrogen and oxygen atoms in total. The minimum Gasteiger partial charge on any atom is -0.384 e. The predicted octanol–water partition coefficient (Wildman–Crippen LogP) is 3.17. The first-order valence-electron chi connectivity index (χ1n) is 9.48. The number of hydrogen-bond donors (Lipinski definition) is 0. The van der Waals surface area contributed by atoms with Crippen LogP contribution in [0.2, 0.25) is 0 Å². The first-order chi connectivity index (χ1) is 13.3. The Balaban J connectivity index is 1.47. The molecule has 1 aliphatic rings. The fourth-order valence-corrected chi connectivity index (χ4v) is 3.56. The second-order valence-electron chi connectivity index (χ2n) is 6.90. The third-order valence-electron chi connectivity index (χ3n) is 4.95. The zero-order valence-corrected chi connectivity index (χ0v) is 15.6. The highest BCUT2D eigenvalue weighted by Crippen LogP contribution is 2.31. The number of hydrogen-bond acceptors (Lipinski definition) is 6. The Bertz CT molecular complexity index is 845. The van der Waals surface area contributed by atoms with Crippen molar-refractivity contribution in [2.45, 2.75) is 38.3 Å². The number of rotatable bonds is 7. The zero-order valence-electron chi connectivity index (χ0n) is 15.6. The van der Waals surface area contributed by atoms with E-state index in [4.69, 9.17) is 9.26 Å². The molecule has 1 saturated heterocycles. The molecule has 7 heteroatoms. The van der Waals surface area contributed by atoms with Crippen LogP contribution < -0.4 is 0 Å². The van der Waals surface area contributed by atoms with Gasteiger partial charge in [-0.1, -0.05) is 29.8 Å². The molecule has 0 radical (unpaired) electrons. The number of ether oxygens (including phenoxy) is 1. The van der Waals surface area contributed by atoms with E-state index < -0.39 is 0 Å². The van der Waals surface area contributed by atoms with Gasteiger partial charge < -0.3 is 9.26 Å². The Labute approximate surface area is 158 Å². The van der Waals surface area contributed by atoms with Gasteiger partial charge in [-0.2, -0.15) is 10.1 Å². The lowest BCUT2D eigenvalue weighted by molar-refractivity contribution is 0.111. The number of benzene rings is 1. The van der Waals surface area contributed by atoms with Gasteiger partial charge in [-0.15, -0.1) is 0 Å². The summed E-state index contributed by atoms with van der Waals surface area (Å²) >= 11 is 0. The molecule has 1 aromatic carbocycles. The van der Waals surface area contributed by atoms with Crippen molar-refractivity contribution in [3.05, 3.63) is 60.0 Å². The first kappa shape index (κ1) is 17.9. The summed E-state index contributed by atoms with van der Waals surface area (Å²) < 4.78 is 12.6. The third-order valence-corrected chi connectivity index (χ3v) is 4.95. The molecule has 1 aliphatic heterocycles. The van der Waals surface area contributed by atoms with E-state index in [2.05, 4.69) is 38.5 Å². The lowest BCUT2D eigenvalue weighted by Gasteiger charge is -2.32. The molecule has 1 atom stereocenters. The number of methoxy groups -OCH3 is 1. The van der Waals surface area contributed by atoms with Gasteiger partial charge in [0.15, 0.2) is 5.82 Å². The van der Waals surface area contributed by atoms with Crippen molar-refractivity contribution in [1.29, 1.82) is 0 Å². The Morgan fingerprint density at radius 2 is 2.11 bits per heavy atom. The molecular formula is C20H25N5O2. The van der Waals surface area contributed by atoms with Crippen LogP contribution in [0.1, 0.15) is 42.6 Å². The van der Waals surface area contributed by atoms with E-state index in [9.17, 15) is 0 Å². The lowest BCUT2D eigenvalue weighted by Crippen LogP contribution is -2.33. The van der Waals surface area contributed by atoms with Crippen LogP contribution in [0.15, 0.2) is 47.2 Å². The molecule has 0 aliphatic carbocycles. The minimum atomic E-state index is 0.169. The fourth-order valence-electron chi connectivity index (χ4n) is 3.56. The zero-order chi connectivity index (χ0) is 18.5. The average molecular weight is 367 g/mol. The summed E-state index contributed by atoms with van der Waals surface area (Å²) in [7, 11) is 1.68. The van der Waals surface area contributed by atoms with Crippen molar-refractivity contribution < 1.29 is 9.26 Å². The van der Waals surface area contributed by atoms with E-state index in [1.165, 1.54) is 18.4 Å². The van der Waals surface area contributed by atoms with Crippen molar-refractivity contribution in [2.75, 3.05) is 20.3 Å². The van der Waals surface area contributed by atoms with E-state index in [-0.39, 0.29) is 6.04 Å². The van der Waals surface area contributed by atoms with Gasteiger partial charge in [0.05, 0.1) is 24.5 Å². The quantitative estimate of drug-likeness (QED) is 0.639. The summed E-state index contributed by atoms with van der Waals surface area (Å²) in [6.45, 7) is 2.45. The Morgan fingerprint density at radius 1 is 1.22 bits per heavy atom. The monoisotopic (exact) mass is 367 g/mol. The standard InChI is InChI=1S/C20H25N5O2/c1-26-12-10-19-22-20(27-23-19)18-9-5-6-11-24(18)14-16-13-21-25(15-16)17-7-3-2-4-8-17/h2-4,7-8,13,15,18H,5-6,9-12,14H2,1H3/t18-/m0/s1. The summed E-state index contributed by atoms with van der Waals surface area (Å²) in [6.07, 6.45) is 8.12. The molecule has 2 aromatic heterocycles. The second kappa shape index (κ2) is 8.45. The summed E-state index contributed by atoms with van der Waals surface area (Å²) in [4.78, 5) is 7.02. The van der Waals surface area contributed by atoms with Crippen LogP contribution in [0.4, 0.5) is 0 Å². The fraction of sp³-hybridized carbons (Fsp3) is 0.450. The van der Waals surface area contributed by atoms with Gasteiger partial charge in [0.2, 0.25) is 5.89 Å². The summed E-state index contributed by atoms with van der Waals surface area (Å²) in [5.41, 5.74) is 2.25. The number of piperidine rings is 1. The molecule has 1 fully saturated rings. The molecule has 27 heavy (non-hydrogen) atoms. The lowest BCUT2D eigenvalue weighted by atomic mass is 10.0. The van der Waals surface area contributed by atoms with Gasteiger partial charge in [-0.3, -0.25) is 4.90 Å². The highest BCUT2D eigenvalue weighted by atomic mass is 16.5. The van der Waals surface area contributed by atoms with Crippen LogP contribution in [-0.2, 0) is 17.7 Å². The van der Waals surface area contributed by atoms with E-state index in [1.807, 2.05) is 29.1 Å². The van der Waals surface area contributed by atoms with E-state index in [1.54, 1.807) is 7.11 Å². The van der Waals surface area contributed by atoms with Gasteiger partial charge in [0, 0.05) is 31.8 Å². The number of nitrogens with zero attached hydrogens (tertiary/aromatic N) is 5. The first-order valence-corrected chi connectivity index (χ1v) is 9.48. The molecule has 0 N–H and O–H groups in total. The predicted molar refractivity (Wildman–Crippen MR) is 100 cm³/mol. The van der Waals surface area contributed by atoms with Crippen LogP contribution in [0.5, 0.6) is 0 Å². The SMILES string of the molecule is COCCc1noc([C@@H]2CCCCN2Cc2cnn(-c3ccccc3)c2)n1. The van der Waals surface area contributed by atoms with Gasteiger partial charge >= 0.3 is 0 Å². The maximum Gasteiger partial charge on any atom is 0.244 e. The Kier molecular flexibility index (Phi) is 5.60. The van der Waals surface area contributed by atoms with Crippen LogP contribution in [0.25, 0.3) is 5.69 Å². The number of para-hydroxylation sites is 1. The highest BCUT2D eigenvalue weighted by Gasteiger charge is 2.29. The minimum absolute atomic E-state index is 0.169. The molecule has 4 rings (SSSR count). The van der Waals surface area contributed by atoms with Gasteiger partial charge in [0.25, 0.3) is 0 Å². The average Bonchev–Trinajstić information content (AvgIpc) is 3.37. The van der Waals surface area contributed by atoms with Crippen molar-refractivity contribution in [2.24, 2.45) is 0 Å². The van der Waals surface area contributed by atoms with Crippen LogP contribution in [0, 0.1) is 0 Å². The molecule has 0 bridgehead atoms. The molecular weight excluding hydrogens is 342 g/mol. The van der Waals surface area contributed by atoms with Crippen LogP contribution in [0.3, 0.4) is 0 Å². The Hall–Kier alpha value is -2.51. The van der Waals surface area contributed by atoms with Crippen molar-refractivity contribution >= 4 is 0 Å². The summed E-state index contributed by atoms with van der Waals surface area (Å²) in [6, 6.07) is 10.3. The molecule has 0 unspecified atom stereocenters. The van der Waals surface area contributed by atoms with Gasteiger partial charge in [0.1, 0.15) is 0 Å². The molecule has 3 heterocycles. The molecule has 142 valence electrons. The topological polar surface area (TPSA) is 69.2 Å². The largest absolute Gasteiger partial charge is 0.384 e. The van der Waals surface area contributed by atoms with E-state index in [0.717, 1.165) is 31.1 Å². The highest BCUT2D eigenvalue weighted by molar-refractivity contribution is 5.30. The molecule has 0 saturated carbocycles. The van der Waals surface area contributed by atoms with E-state index in [0.29, 0.717) is 18.9 Å². The summed E-state index contributed by atoms with van der Waals surface area (Å²) in [5, 5.41) is 8.62. The van der Waals surface area contributed by atoms with Crippen molar-refractivity contribution in [3.63, 3.8) is 0 Å². The number of aromatic nitrogens is 4. The molecule has 0 spiro atoms. The molecule has 3 aromatic rings. The molecule has 0 amide bonds. The van der Waals surface area contributed by atoms with Gasteiger partial charge in [-0.25, -0.2) is 4.68 Å². The van der Waals surface area contributed by atoms with Crippen molar-refractivity contribution in [1.82, 2.24) is 24.8 Å².